The first kappa shape index (κ1) is 18.9. The van der Waals surface area contributed by atoms with Crippen LogP contribution in [0.25, 0.3) is 0 Å². The maximum atomic E-state index is 13.2. The van der Waals surface area contributed by atoms with Crippen molar-refractivity contribution in [3.63, 3.8) is 0 Å². The van der Waals surface area contributed by atoms with Gasteiger partial charge in [-0.1, -0.05) is 30.3 Å². The fourth-order valence-corrected chi connectivity index (χ4v) is 4.70. The Bertz CT molecular complexity index is 882. The highest BCUT2D eigenvalue weighted by molar-refractivity contribution is 7.15. The fourth-order valence-electron chi connectivity index (χ4n) is 3.54. The topological polar surface area (TPSA) is 63.0 Å². The average Bonchev–Trinajstić information content (AvgIpc) is 3.40. The molecule has 0 saturated carbocycles. The van der Waals surface area contributed by atoms with Crippen molar-refractivity contribution in [2.24, 2.45) is 0 Å². The zero-order valence-electron chi connectivity index (χ0n) is 16.1. The summed E-state index contributed by atoms with van der Waals surface area (Å²) in [5.41, 5.74) is 2.30. The molecule has 5 nitrogen and oxygen atoms in total. The minimum absolute atomic E-state index is 0.0772. The van der Waals surface area contributed by atoms with Gasteiger partial charge in [0.25, 0.3) is 5.91 Å². The largest absolute Gasteiger partial charge is 0.463 e. The van der Waals surface area contributed by atoms with Gasteiger partial charge in [-0.2, -0.15) is 0 Å². The SMILES string of the molecule is C[C@H]([NH2+]CC(=O)N(Cc1ccccc1)c1nc2c(s1)CCCC2)c1ccco1. The number of furan rings is 1. The molecule has 1 amide bonds. The molecule has 0 fully saturated rings. The summed E-state index contributed by atoms with van der Waals surface area (Å²) in [6.45, 7) is 2.96. The molecule has 28 heavy (non-hydrogen) atoms. The van der Waals surface area contributed by atoms with Crippen molar-refractivity contribution in [2.45, 2.75) is 45.2 Å². The molecule has 0 aliphatic heterocycles. The Balaban J connectivity index is 1.52. The molecule has 1 aliphatic rings. The number of fused-ring (bicyclic) bond motifs is 1. The van der Waals surface area contributed by atoms with Crippen LogP contribution in [0.3, 0.4) is 0 Å². The van der Waals surface area contributed by atoms with E-state index in [0.717, 1.165) is 29.3 Å². The van der Waals surface area contributed by atoms with Gasteiger partial charge in [-0.3, -0.25) is 9.69 Å². The van der Waals surface area contributed by atoms with Crippen LogP contribution in [0.5, 0.6) is 0 Å². The highest BCUT2D eigenvalue weighted by Crippen LogP contribution is 2.32. The van der Waals surface area contributed by atoms with E-state index in [1.54, 1.807) is 17.6 Å². The number of aryl methyl sites for hydroxylation is 2. The average molecular weight is 397 g/mol. The fraction of sp³-hybridized carbons (Fsp3) is 0.364. The van der Waals surface area contributed by atoms with Crippen LogP contribution in [-0.4, -0.2) is 17.4 Å². The third-order valence-corrected chi connectivity index (χ3v) is 6.37. The van der Waals surface area contributed by atoms with Crippen molar-refractivity contribution in [2.75, 3.05) is 11.4 Å². The Morgan fingerprint density at radius 3 is 2.79 bits per heavy atom. The lowest BCUT2D eigenvalue weighted by molar-refractivity contribution is -0.684. The molecule has 0 radical (unpaired) electrons. The van der Waals surface area contributed by atoms with Gasteiger partial charge in [0.15, 0.2) is 17.4 Å². The first-order chi connectivity index (χ1) is 13.7. The van der Waals surface area contributed by atoms with E-state index >= 15 is 0 Å². The Hall–Kier alpha value is -2.44. The maximum absolute atomic E-state index is 13.2. The molecule has 3 aromatic rings. The van der Waals surface area contributed by atoms with Crippen LogP contribution in [0.4, 0.5) is 5.13 Å². The number of hydrogen-bond acceptors (Lipinski definition) is 4. The Labute approximate surface area is 169 Å². The molecular weight excluding hydrogens is 370 g/mol. The van der Waals surface area contributed by atoms with E-state index in [2.05, 4.69) is 19.1 Å². The van der Waals surface area contributed by atoms with Gasteiger partial charge in [0.05, 0.1) is 18.5 Å². The summed E-state index contributed by atoms with van der Waals surface area (Å²) < 4.78 is 5.46. The number of quaternary nitrogens is 1. The Kier molecular flexibility index (Phi) is 5.88. The highest BCUT2D eigenvalue weighted by Gasteiger charge is 2.25. The van der Waals surface area contributed by atoms with Crippen LogP contribution in [-0.2, 0) is 24.2 Å². The minimum atomic E-state index is 0.0772. The zero-order chi connectivity index (χ0) is 19.3. The number of nitrogens with two attached hydrogens (primary N) is 1. The van der Waals surface area contributed by atoms with E-state index in [1.807, 2.05) is 40.5 Å². The summed E-state index contributed by atoms with van der Waals surface area (Å²) >= 11 is 1.68. The smallest absolute Gasteiger partial charge is 0.284 e. The monoisotopic (exact) mass is 396 g/mol. The number of amides is 1. The molecule has 0 bridgehead atoms. The lowest BCUT2D eigenvalue weighted by Crippen LogP contribution is -2.87. The van der Waals surface area contributed by atoms with Crippen LogP contribution in [0.15, 0.2) is 53.1 Å². The number of carbonyl (C=O) groups is 1. The number of hydrogen-bond donors (Lipinski definition) is 1. The van der Waals surface area contributed by atoms with E-state index in [1.165, 1.54) is 23.4 Å². The molecule has 0 unspecified atom stereocenters. The second kappa shape index (κ2) is 8.71. The van der Waals surface area contributed by atoms with Crippen molar-refractivity contribution in [1.29, 1.82) is 0 Å². The summed E-state index contributed by atoms with van der Waals surface area (Å²) in [4.78, 5) is 21.2. The third kappa shape index (κ3) is 4.34. The number of nitrogens with zero attached hydrogens (tertiary/aromatic N) is 2. The Morgan fingerprint density at radius 2 is 2.04 bits per heavy atom. The van der Waals surface area contributed by atoms with E-state index < -0.39 is 0 Å². The minimum Gasteiger partial charge on any atom is -0.463 e. The number of thiazole rings is 1. The Morgan fingerprint density at radius 1 is 1.21 bits per heavy atom. The zero-order valence-corrected chi connectivity index (χ0v) is 17.0. The molecule has 1 atom stereocenters. The molecule has 1 aromatic carbocycles. The molecule has 2 heterocycles. The predicted molar refractivity (Wildman–Crippen MR) is 110 cm³/mol. The predicted octanol–water partition coefficient (Wildman–Crippen LogP) is 3.47. The first-order valence-electron chi connectivity index (χ1n) is 9.90. The van der Waals surface area contributed by atoms with Gasteiger partial charge >= 0.3 is 0 Å². The number of aromatic nitrogens is 1. The molecule has 146 valence electrons. The molecule has 1 aliphatic carbocycles. The first-order valence-corrected chi connectivity index (χ1v) is 10.7. The summed E-state index contributed by atoms with van der Waals surface area (Å²) in [6.07, 6.45) is 6.19. The highest BCUT2D eigenvalue weighted by atomic mass is 32.1. The van der Waals surface area contributed by atoms with Gasteiger partial charge in [0.2, 0.25) is 0 Å². The van der Waals surface area contributed by atoms with Gasteiger partial charge in [-0.15, -0.1) is 11.3 Å². The van der Waals surface area contributed by atoms with Crippen LogP contribution in [0.1, 0.15) is 47.7 Å². The second-order valence-corrected chi connectivity index (χ2v) is 8.34. The summed E-state index contributed by atoms with van der Waals surface area (Å²) in [5, 5.41) is 2.85. The molecule has 2 N–H and O–H groups in total. The van der Waals surface area contributed by atoms with E-state index in [-0.39, 0.29) is 11.9 Å². The molecule has 4 rings (SSSR count). The van der Waals surface area contributed by atoms with Gasteiger partial charge in [0.1, 0.15) is 6.04 Å². The second-order valence-electron chi connectivity index (χ2n) is 7.28. The number of anilines is 1. The number of carbonyl (C=O) groups excluding carboxylic acids is 1. The van der Waals surface area contributed by atoms with Crippen LogP contribution in [0.2, 0.25) is 0 Å². The molecule has 6 heteroatoms. The normalized spacial score (nSPS) is 14.5. The molecular formula is C22H26N3O2S+. The number of benzene rings is 1. The van der Waals surface area contributed by atoms with E-state index in [4.69, 9.17) is 9.40 Å². The van der Waals surface area contributed by atoms with Gasteiger partial charge < -0.3 is 9.73 Å². The van der Waals surface area contributed by atoms with Crippen molar-refractivity contribution in [1.82, 2.24) is 4.98 Å². The van der Waals surface area contributed by atoms with Crippen LogP contribution in [0, 0.1) is 0 Å². The lowest BCUT2D eigenvalue weighted by Gasteiger charge is -2.20. The third-order valence-electron chi connectivity index (χ3n) is 5.19. The van der Waals surface area contributed by atoms with Crippen molar-refractivity contribution >= 4 is 22.4 Å². The van der Waals surface area contributed by atoms with Crippen LogP contribution < -0.4 is 10.2 Å². The van der Waals surface area contributed by atoms with E-state index in [0.29, 0.717) is 13.1 Å². The maximum Gasteiger partial charge on any atom is 0.284 e. The van der Waals surface area contributed by atoms with Crippen molar-refractivity contribution in [3.8, 4) is 0 Å². The van der Waals surface area contributed by atoms with Gasteiger partial charge in [-0.05, 0) is 50.3 Å². The quantitative estimate of drug-likeness (QED) is 0.665. The lowest BCUT2D eigenvalue weighted by atomic mass is 10.0. The summed E-state index contributed by atoms with van der Waals surface area (Å²) in [7, 11) is 0. The van der Waals surface area contributed by atoms with Gasteiger partial charge in [0, 0.05) is 4.88 Å². The standard InChI is InChI=1S/C22H25N3O2S/c1-16(19-11-7-13-27-19)23-14-21(26)25(15-17-8-3-2-4-9-17)22-24-18-10-5-6-12-20(18)28-22/h2-4,7-9,11,13,16,23H,5-6,10,12,14-15H2,1H3/p+1/t16-/m0/s1. The summed E-state index contributed by atoms with van der Waals surface area (Å²) in [6, 6.07) is 14.1. The van der Waals surface area contributed by atoms with Gasteiger partial charge in [-0.25, -0.2) is 4.98 Å². The molecule has 0 saturated heterocycles. The molecule has 2 aromatic heterocycles. The number of rotatable bonds is 7. The van der Waals surface area contributed by atoms with Crippen molar-refractivity contribution in [3.05, 3.63) is 70.6 Å². The van der Waals surface area contributed by atoms with E-state index in [9.17, 15) is 4.79 Å². The van der Waals surface area contributed by atoms with Crippen LogP contribution >= 0.6 is 11.3 Å². The summed E-state index contributed by atoms with van der Waals surface area (Å²) in [5.74, 6) is 0.959. The van der Waals surface area contributed by atoms with Crippen molar-refractivity contribution < 1.29 is 14.5 Å². The molecule has 0 spiro atoms.